The van der Waals surface area contributed by atoms with Crippen molar-refractivity contribution in [1.82, 2.24) is 15.1 Å². The molecule has 4 nitrogen and oxygen atoms in total. The van der Waals surface area contributed by atoms with Gasteiger partial charge in [0.05, 0.1) is 6.54 Å². The van der Waals surface area contributed by atoms with Gasteiger partial charge < -0.3 is 15.1 Å². The van der Waals surface area contributed by atoms with E-state index in [0.29, 0.717) is 6.54 Å². The summed E-state index contributed by atoms with van der Waals surface area (Å²) in [6.45, 7) is 6.63. The minimum Gasteiger partial charge on any atom is -0.345 e. The first-order valence-corrected chi connectivity index (χ1v) is 6.26. The fourth-order valence-electron chi connectivity index (χ4n) is 1.96. The molecule has 0 bridgehead atoms. The Morgan fingerprint density at radius 3 is 2.62 bits per heavy atom. The number of nitrogens with one attached hydrogen (secondary N) is 1. The van der Waals surface area contributed by atoms with Crippen LogP contribution in [0.3, 0.4) is 0 Å². The zero-order valence-electron chi connectivity index (χ0n) is 10.8. The fraction of sp³-hybridized carbons (Fsp3) is 0.917. The van der Waals surface area contributed by atoms with Gasteiger partial charge in [0.25, 0.3) is 0 Å². The number of hydrogen-bond acceptors (Lipinski definition) is 3. The van der Waals surface area contributed by atoms with E-state index in [1.165, 1.54) is 25.9 Å². The molecule has 0 spiro atoms. The maximum Gasteiger partial charge on any atom is 0.236 e. The van der Waals surface area contributed by atoms with Crippen LogP contribution < -0.4 is 5.32 Å². The van der Waals surface area contributed by atoms with Gasteiger partial charge in [-0.15, -0.1) is 0 Å². The Morgan fingerprint density at radius 2 is 2.06 bits per heavy atom. The molecule has 1 rings (SSSR count). The molecule has 94 valence electrons. The van der Waals surface area contributed by atoms with E-state index >= 15 is 0 Å². The van der Waals surface area contributed by atoms with Crippen molar-refractivity contribution in [2.45, 2.75) is 19.8 Å². The molecule has 1 aliphatic rings. The van der Waals surface area contributed by atoms with Gasteiger partial charge in [-0.2, -0.15) is 0 Å². The molecule has 0 unspecified atom stereocenters. The van der Waals surface area contributed by atoms with Crippen LogP contribution in [0, 0.1) is 5.92 Å². The molecule has 0 radical (unpaired) electrons. The predicted molar refractivity (Wildman–Crippen MR) is 66.4 cm³/mol. The first kappa shape index (κ1) is 13.5. The number of nitrogens with zero attached hydrogens (tertiary/aromatic N) is 2. The van der Waals surface area contributed by atoms with Crippen LogP contribution in [0.25, 0.3) is 0 Å². The van der Waals surface area contributed by atoms with Crippen molar-refractivity contribution in [3.63, 3.8) is 0 Å². The van der Waals surface area contributed by atoms with Crippen LogP contribution in [-0.4, -0.2) is 62.5 Å². The Morgan fingerprint density at radius 1 is 1.44 bits per heavy atom. The van der Waals surface area contributed by atoms with Crippen LogP contribution >= 0.6 is 0 Å². The van der Waals surface area contributed by atoms with Gasteiger partial charge in [-0.1, -0.05) is 0 Å². The number of likely N-dealkylation sites (N-methyl/N-ethyl adjacent to an activating group) is 1. The monoisotopic (exact) mass is 227 g/mol. The summed E-state index contributed by atoms with van der Waals surface area (Å²) in [4.78, 5) is 15.6. The maximum atomic E-state index is 11.5. The van der Waals surface area contributed by atoms with Crippen LogP contribution in [0.1, 0.15) is 19.8 Å². The lowest BCUT2D eigenvalue weighted by Gasteiger charge is -2.29. The van der Waals surface area contributed by atoms with E-state index in [2.05, 4.69) is 17.3 Å². The van der Waals surface area contributed by atoms with Crippen LogP contribution in [0.5, 0.6) is 0 Å². The summed E-state index contributed by atoms with van der Waals surface area (Å²) in [7, 11) is 4.02. The number of likely N-dealkylation sites (tertiary alicyclic amines) is 1. The Hall–Kier alpha value is -0.610. The molecule has 0 aromatic heterocycles. The normalized spacial score (nSPS) is 18.7. The summed E-state index contributed by atoms with van der Waals surface area (Å²) < 4.78 is 0. The number of piperidine rings is 1. The molecular weight excluding hydrogens is 202 g/mol. The Kier molecular flexibility index (Phi) is 5.77. The zero-order chi connectivity index (χ0) is 12.0. The molecule has 1 aliphatic heterocycles. The second-order valence-electron chi connectivity index (χ2n) is 4.79. The highest BCUT2D eigenvalue weighted by atomic mass is 16.2. The Labute approximate surface area is 99.0 Å². The highest BCUT2D eigenvalue weighted by Gasteiger charge is 2.16. The van der Waals surface area contributed by atoms with E-state index in [0.717, 1.165) is 19.0 Å². The van der Waals surface area contributed by atoms with Crippen molar-refractivity contribution in [3.8, 4) is 0 Å². The maximum absolute atomic E-state index is 11.5. The van der Waals surface area contributed by atoms with Gasteiger partial charge in [0, 0.05) is 13.6 Å². The molecule has 0 atom stereocenters. The number of carbonyl (C=O) groups excluding carboxylic acids is 1. The molecule has 0 saturated carbocycles. The van der Waals surface area contributed by atoms with E-state index in [4.69, 9.17) is 0 Å². The minimum atomic E-state index is 0.190. The standard InChI is InChI=1S/C12H25N3O/c1-4-15(3)12(16)10-13-9-11-5-7-14(2)8-6-11/h11,13H,4-10H2,1-3H3. The topological polar surface area (TPSA) is 35.6 Å². The quantitative estimate of drug-likeness (QED) is 0.738. The summed E-state index contributed by atoms with van der Waals surface area (Å²) in [6, 6.07) is 0. The van der Waals surface area contributed by atoms with Gasteiger partial charge >= 0.3 is 0 Å². The molecule has 1 fully saturated rings. The lowest BCUT2D eigenvalue weighted by atomic mass is 9.97. The van der Waals surface area contributed by atoms with Crippen molar-refractivity contribution >= 4 is 5.91 Å². The molecule has 16 heavy (non-hydrogen) atoms. The molecular formula is C12H25N3O. The molecule has 0 aromatic rings. The average Bonchev–Trinajstić information content (AvgIpc) is 2.30. The third-order valence-electron chi connectivity index (χ3n) is 3.45. The summed E-state index contributed by atoms with van der Waals surface area (Å²) in [5.41, 5.74) is 0. The summed E-state index contributed by atoms with van der Waals surface area (Å²) >= 11 is 0. The Bertz CT molecular complexity index is 212. The van der Waals surface area contributed by atoms with Gasteiger partial charge in [-0.05, 0) is 52.4 Å². The van der Waals surface area contributed by atoms with Gasteiger partial charge in [-0.25, -0.2) is 0 Å². The second-order valence-corrected chi connectivity index (χ2v) is 4.79. The van der Waals surface area contributed by atoms with Crippen LogP contribution in [0.15, 0.2) is 0 Å². The smallest absolute Gasteiger partial charge is 0.236 e. The summed E-state index contributed by atoms with van der Waals surface area (Å²) in [5, 5.41) is 3.28. The molecule has 1 heterocycles. The van der Waals surface area contributed by atoms with E-state index in [9.17, 15) is 4.79 Å². The highest BCUT2D eigenvalue weighted by molar-refractivity contribution is 5.77. The zero-order valence-corrected chi connectivity index (χ0v) is 10.8. The van der Waals surface area contributed by atoms with Crippen molar-refractivity contribution in [2.24, 2.45) is 5.92 Å². The van der Waals surface area contributed by atoms with Crippen molar-refractivity contribution in [3.05, 3.63) is 0 Å². The van der Waals surface area contributed by atoms with E-state index in [1.54, 1.807) is 4.90 Å². The van der Waals surface area contributed by atoms with Crippen LogP contribution in [0.2, 0.25) is 0 Å². The SMILES string of the molecule is CCN(C)C(=O)CNCC1CCN(C)CC1. The van der Waals surface area contributed by atoms with Gasteiger partial charge in [0.1, 0.15) is 0 Å². The summed E-state index contributed by atoms with van der Waals surface area (Å²) in [6.07, 6.45) is 2.50. The largest absolute Gasteiger partial charge is 0.345 e. The van der Waals surface area contributed by atoms with Crippen molar-refractivity contribution < 1.29 is 4.79 Å². The van der Waals surface area contributed by atoms with Crippen molar-refractivity contribution in [1.29, 1.82) is 0 Å². The summed E-state index contributed by atoms with van der Waals surface area (Å²) in [5.74, 6) is 0.936. The second kappa shape index (κ2) is 6.86. The third kappa shape index (κ3) is 4.49. The predicted octanol–water partition coefficient (Wildman–Crippen LogP) is 0.396. The first-order valence-electron chi connectivity index (χ1n) is 6.26. The number of amides is 1. The Balaban J connectivity index is 2.09. The number of hydrogen-bond donors (Lipinski definition) is 1. The number of rotatable bonds is 5. The van der Waals surface area contributed by atoms with E-state index in [-0.39, 0.29) is 5.91 Å². The van der Waals surface area contributed by atoms with Crippen LogP contribution in [-0.2, 0) is 4.79 Å². The molecule has 4 heteroatoms. The number of carbonyl (C=O) groups is 1. The minimum absolute atomic E-state index is 0.190. The average molecular weight is 227 g/mol. The molecule has 0 aromatic carbocycles. The lowest BCUT2D eigenvalue weighted by molar-refractivity contribution is -0.128. The molecule has 1 saturated heterocycles. The first-order chi connectivity index (χ1) is 7.63. The molecule has 1 N–H and O–H groups in total. The van der Waals surface area contributed by atoms with Gasteiger partial charge in [0.15, 0.2) is 0 Å². The van der Waals surface area contributed by atoms with Gasteiger partial charge in [-0.3, -0.25) is 4.79 Å². The van der Waals surface area contributed by atoms with E-state index < -0.39 is 0 Å². The third-order valence-corrected chi connectivity index (χ3v) is 3.45. The van der Waals surface area contributed by atoms with Crippen molar-refractivity contribution in [2.75, 3.05) is 46.8 Å². The van der Waals surface area contributed by atoms with E-state index in [1.807, 2.05) is 14.0 Å². The fourth-order valence-corrected chi connectivity index (χ4v) is 1.96. The van der Waals surface area contributed by atoms with Gasteiger partial charge in [0.2, 0.25) is 5.91 Å². The molecule has 1 amide bonds. The lowest BCUT2D eigenvalue weighted by Crippen LogP contribution is -2.39. The highest BCUT2D eigenvalue weighted by Crippen LogP contribution is 2.14. The molecule has 0 aliphatic carbocycles. The van der Waals surface area contributed by atoms with Crippen LogP contribution in [0.4, 0.5) is 0 Å².